The van der Waals surface area contributed by atoms with E-state index in [1.807, 2.05) is 0 Å². The average molecular weight is 1360 g/mol. The monoisotopic (exact) mass is 1360 g/mol. The molecule has 0 bridgehead atoms. The summed E-state index contributed by atoms with van der Waals surface area (Å²) >= 11 is 0. The third-order valence-electron chi connectivity index (χ3n) is 16.2. The van der Waals surface area contributed by atoms with Crippen molar-refractivity contribution in [2.24, 2.45) is 0 Å². The molecule has 0 aromatic carbocycles. The molecule has 5 atom stereocenters. The molecule has 0 saturated heterocycles. The van der Waals surface area contributed by atoms with Crippen molar-refractivity contribution in [1.82, 2.24) is 0 Å². The predicted molar refractivity (Wildman–Crippen MR) is 381 cm³/mol. The number of phosphoric ester groups is 2. The Morgan fingerprint density at radius 2 is 0.538 bits per heavy atom. The van der Waals surface area contributed by atoms with Crippen LogP contribution >= 0.6 is 15.6 Å². The van der Waals surface area contributed by atoms with Crippen molar-refractivity contribution in [3.8, 4) is 0 Å². The lowest BCUT2D eigenvalue weighted by molar-refractivity contribution is -0.161. The summed E-state index contributed by atoms with van der Waals surface area (Å²) in [5.74, 6) is -1.57. The average Bonchev–Trinajstić information content (AvgIpc) is 3.55. The van der Waals surface area contributed by atoms with Crippen LogP contribution in [-0.2, 0) is 55.8 Å². The largest absolute Gasteiger partial charge is 0.472 e. The summed E-state index contributed by atoms with van der Waals surface area (Å²) in [6.45, 7) is 2.66. The van der Waals surface area contributed by atoms with E-state index in [1.165, 1.54) is 180 Å². The highest BCUT2D eigenvalue weighted by atomic mass is 31.2. The Morgan fingerprint density at radius 1 is 0.301 bits per heavy atom. The topological polar surface area (TPSA) is 231 Å². The molecule has 0 aromatic heterocycles. The van der Waals surface area contributed by atoms with Gasteiger partial charge in [-0.25, -0.2) is 9.13 Å². The van der Waals surface area contributed by atoms with Gasteiger partial charge in [-0.05, 0) is 89.9 Å². The zero-order valence-corrected chi connectivity index (χ0v) is 61.0. The summed E-state index contributed by atoms with van der Waals surface area (Å²) in [5, 5.41) is 20.6. The van der Waals surface area contributed by atoms with Gasteiger partial charge in [-0.15, -0.1) is 0 Å². The second kappa shape index (κ2) is 69.2. The first kappa shape index (κ1) is 90.2. The molecular weight excluding hydrogens is 1220 g/mol. The molecule has 16 nitrogen and oxygen atoms in total. The Hall–Kier alpha value is -2.75. The first-order valence-electron chi connectivity index (χ1n) is 37.6. The van der Waals surface area contributed by atoms with E-state index in [-0.39, 0.29) is 19.3 Å². The molecule has 0 radical (unpaired) electrons. The van der Waals surface area contributed by atoms with E-state index in [9.17, 15) is 43.5 Å². The highest BCUT2D eigenvalue weighted by Crippen LogP contribution is 2.45. The molecule has 0 fully saturated rings. The SMILES string of the molecule is CCCCC/C=C\C/C=C\C/C=C\C/C=C\CCCCCCCCCCCCCCCCCC(=O)OCC(O)COP(=O)(O)OCC(O)COP(=O)(O)OCC(COC(=O)CCCCCCC/C=C\CCCCCC)OC(=O)CCCCCCCCCCCCCCC. The summed E-state index contributed by atoms with van der Waals surface area (Å²) in [5.41, 5.74) is 0. The number of hydrogen-bond acceptors (Lipinski definition) is 14. The first-order chi connectivity index (χ1) is 45.2. The molecule has 0 aliphatic rings. The zero-order chi connectivity index (χ0) is 68.1. The number of rotatable bonds is 72. The van der Waals surface area contributed by atoms with E-state index in [0.29, 0.717) is 19.3 Å². The van der Waals surface area contributed by atoms with E-state index in [2.05, 4.69) is 81.5 Å². The van der Waals surface area contributed by atoms with E-state index < -0.39 is 91.5 Å². The number of hydrogen-bond donors (Lipinski definition) is 4. The molecule has 18 heteroatoms. The maximum Gasteiger partial charge on any atom is 0.472 e. The van der Waals surface area contributed by atoms with Crippen LogP contribution in [0.5, 0.6) is 0 Å². The van der Waals surface area contributed by atoms with E-state index in [4.69, 9.17) is 32.3 Å². The predicted octanol–water partition coefficient (Wildman–Crippen LogP) is 21.3. The van der Waals surface area contributed by atoms with Gasteiger partial charge in [0, 0.05) is 19.3 Å². The standard InChI is InChI=1S/C75H138O16P2/c1-4-7-10-13-16-19-22-25-26-27-28-29-30-31-32-33-34-35-36-37-38-39-40-41-42-45-47-49-52-55-58-61-73(78)85-64-70(76)65-87-92(81,82)88-66-71(77)67-89-93(83,84)90-69-72(91-75(80)63-60-57-54-51-48-44-24-21-18-15-12-9-6-3)68-86-74(79)62-59-56-53-50-46-43-23-20-17-14-11-8-5-2/h16,19-20,23,25-26,28-29,31-32,70-72,76-77H,4-15,17-18,21-22,24,27,30,33-69H2,1-3H3,(H,81,82)(H,83,84)/b19-16-,23-20-,26-25-,29-28-,32-31-. The van der Waals surface area contributed by atoms with Crippen LogP contribution in [0.3, 0.4) is 0 Å². The van der Waals surface area contributed by atoms with Crippen LogP contribution in [0.25, 0.3) is 0 Å². The number of phosphoric acid groups is 2. The first-order valence-corrected chi connectivity index (χ1v) is 40.6. The van der Waals surface area contributed by atoms with Crippen molar-refractivity contribution < 1.29 is 75.8 Å². The Balaban J connectivity index is 4.35. The maximum absolute atomic E-state index is 12.9. The van der Waals surface area contributed by atoms with Crippen molar-refractivity contribution >= 4 is 33.6 Å². The lowest BCUT2D eigenvalue weighted by atomic mass is 10.0. The Bertz CT molecular complexity index is 1940. The van der Waals surface area contributed by atoms with Crippen molar-refractivity contribution in [2.45, 2.75) is 360 Å². The highest BCUT2D eigenvalue weighted by Gasteiger charge is 2.29. The molecule has 5 unspecified atom stereocenters. The second-order valence-corrected chi connectivity index (χ2v) is 28.4. The molecule has 0 amide bonds. The van der Waals surface area contributed by atoms with Crippen LogP contribution in [0, 0.1) is 0 Å². The van der Waals surface area contributed by atoms with Crippen LogP contribution < -0.4 is 0 Å². The van der Waals surface area contributed by atoms with Crippen LogP contribution in [0.15, 0.2) is 60.8 Å². The van der Waals surface area contributed by atoms with Gasteiger partial charge in [-0.2, -0.15) is 0 Å². The fourth-order valence-corrected chi connectivity index (χ4v) is 12.0. The number of aliphatic hydroxyl groups excluding tert-OH is 2. The van der Waals surface area contributed by atoms with Crippen molar-refractivity contribution in [2.75, 3.05) is 39.6 Å². The van der Waals surface area contributed by atoms with Gasteiger partial charge < -0.3 is 34.2 Å². The number of esters is 3. The van der Waals surface area contributed by atoms with Gasteiger partial charge in [0.1, 0.15) is 25.4 Å². The van der Waals surface area contributed by atoms with Gasteiger partial charge in [0.2, 0.25) is 0 Å². The smallest absolute Gasteiger partial charge is 0.463 e. The van der Waals surface area contributed by atoms with Crippen LogP contribution in [-0.4, -0.2) is 95.9 Å². The van der Waals surface area contributed by atoms with Gasteiger partial charge in [-0.1, -0.05) is 293 Å². The molecule has 0 heterocycles. The minimum Gasteiger partial charge on any atom is -0.463 e. The normalized spacial score (nSPS) is 14.4. The molecule has 0 spiro atoms. The second-order valence-electron chi connectivity index (χ2n) is 25.5. The molecule has 544 valence electrons. The lowest BCUT2D eigenvalue weighted by Crippen LogP contribution is -2.30. The Kier molecular flexibility index (Phi) is 67.1. The van der Waals surface area contributed by atoms with Crippen molar-refractivity contribution in [3.05, 3.63) is 60.8 Å². The molecule has 93 heavy (non-hydrogen) atoms. The van der Waals surface area contributed by atoms with E-state index in [0.717, 1.165) is 103 Å². The summed E-state index contributed by atoms with van der Waals surface area (Å²) in [4.78, 5) is 58.4. The van der Waals surface area contributed by atoms with Gasteiger partial charge in [-0.3, -0.25) is 32.5 Å². The van der Waals surface area contributed by atoms with Crippen LogP contribution in [0.1, 0.15) is 342 Å². The van der Waals surface area contributed by atoms with Gasteiger partial charge in [0.15, 0.2) is 6.10 Å². The Morgan fingerprint density at radius 3 is 0.892 bits per heavy atom. The summed E-state index contributed by atoms with van der Waals surface area (Å²) in [6.07, 6.45) is 72.9. The molecule has 0 aliphatic carbocycles. The minimum absolute atomic E-state index is 0.110. The number of aliphatic hydroxyl groups is 2. The van der Waals surface area contributed by atoms with E-state index >= 15 is 0 Å². The number of unbranched alkanes of at least 4 members (excludes halogenated alkanes) is 39. The third-order valence-corrected chi connectivity index (χ3v) is 18.1. The third kappa shape index (κ3) is 70.4. The van der Waals surface area contributed by atoms with E-state index in [1.54, 1.807) is 0 Å². The molecular formula is C75H138O16P2. The minimum atomic E-state index is -4.91. The van der Waals surface area contributed by atoms with Crippen molar-refractivity contribution in [3.63, 3.8) is 0 Å². The molecule has 0 aliphatic heterocycles. The number of ether oxygens (including phenoxy) is 3. The number of carbonyl (C=O) groups is 3. The summed E-state index contributed by atoms with van der Waals surface area (Å²) in [6, 6.07) is 0. The van der Waals surface area contributed by atoms with Gasteiger partial charge >= 0.3 is 33.6 Å². The maximum atomic E-state index is 12.9. The number of carbonyl (C=O) groups excluding carboxylic acids is 3. The summed E-state index contributed by atoms with van der Waals surface area (Å²) in [7, 11) is -9.76. The molecule has 0 saturated carbocycles. The van der Waals surface area contributed by atoms with Gasteiger partial charge in [0.05, 0.1) is 26.4 Å². The fourth-order valence-electron chi connectivity index (χ4n) is 10.4. The molecule has 4 N–H and O–H groups in total. The summed E-state index contributed by atoms with van der Waals surface area (Å²) < 4.78 is 60.9. The van der Waals surface area contributed by atoms with Crippen LogP contribution in [0.2, 0.25) is 0 Å². The number of allylic oxidation sites excluding steroid dienone is 10. The lowest BCUT2D eigenvalue weighted by Gasteiger charge is -2.21. The quantitative estimate of drug-likeness (QED) is 0.0146. The fraction of sp³-hybridized carbons (Fsp3) is 0.827. The van der Waals surface area contributed by atoms with Crippen molar-refractivity contribution in [1.29, 1.82) is 0 Å². The zero-order valence-electron chi connectivity index (χ0n) is 59.2. The van der Waals surface area contributed by atoms with Gasteiger partial charge in [0.25, 0.3) is 0 Å². The molecule has 0 aromatic rings. The van der Waals surface area contributed by atoms with Crippen LogP contribution in [0.4, 0.5) is 0 Å². The molecule has 0 rings (SSSR count). The Labute approximate surface area is 567 Å². The highest BCUT2D eigenvalue weighted by molar-refractivity contribution is 7.47.